The third-order valence-corrected chi connectivity index (χ3v) is 1.53. The summed E-state index contributed by atoms with van der Waals surface area (Å²) >= 11 is 0. The molecule has 1 aliphatic carbocycles. The molecule has 1 rings (SSSR count). The molecule has 0 aromatic carbocycles. The number of ketones is 1. The Kier molecular flexibility index (Phi) is 1.78. The molecule has 0 amide bonds. The lowest BCUT2D eigenvalue weighted by Crippen LogP contribution is -2.36. The lowest BCUT2D eigenvalue weighted by molar-refractivity contribution is -0.158. The topological polar surface area (TPSA) is 63.6 Å². The lowest BCUT2D eigenvalue weighted by Gasteiger charge is -2.14. The molecule has 11 heavy (non-hydrogen) atoms. The maximum Gasteiger partial charge on any atom is 0.342 e. The van der Waals surface area contributed by atoms with E-state index in [0.717, 1.165) is 13.2 Å². The predicted molar refractivity (Wildman–Crippen MR) is 35.7 cm³/mol. The second kappa shape index (κ2) is 2.47. The number of allylic oxidation sites excluding steroid dienone is 1. The molecule has 0 saturated carbocycles. The van der Waals surface area contributed by atoms with Gasteiger partial charge in [0.2, 0.25) is 0 Å². The number of carbonyl (C=O) groups excluding carboxylic acids is 2. The monoisotopic (exact) mass is 156 g/mol. The van der Waals surface area contributed by atoms with Gasteiger partial charge in [-0.15, -0.1) is 0 Å². The summed E-state index contributed by atoms with van der Waals surface area (Å²) in [5.41, 5.74) is -1.72. The molecule has 4 nitrogen and oxygen atoms in total. The van der Waals surface area contributed by atoms with Crippen molar-refractivity contribution in [2.75, 3.05) is 7.11 Å². The molecule has 0 fully saturated rings. The molecule has 0 heterocycles. The van der Waals surface area contributed by atoms with Crippen molar-refractivity contribution in [3.8, 4) is 0 Å². The number of carbonyl (C=O) groups is 2. The minimum atomic E-state index is -1.72. The molecule has 60 valence electrons. The zero-order chi connectivity index (χ0) is 8.48. The van der Waals surface area contributed by atoms with Gasteiger partial charge in [-0.25, -0.2) is 4.79 Å². The summed E-state index contributed by atoms with van der Waals surface area (Å²) in [7, 11) is 1.16. The molecule has 0 spiro atoms. The maximum absolute atomic E-state index is 10.8. The third kappa shape index (κ3) is 1.30. The standard InChI is InChI=1S/C7H8O4/c1-11-6(9)7(10)3-2-5(8)4-7/h2-3,10H,4H2,1H3/t7-/m1/s1. The number of hydrogen-bond donors (Lipinski definition) is 1. The lowest BCUT2D eigenvalue weighted by atomic mass is 10.0. The molecular weight excluding hydrogens is 148 g/mol. The maximum atomic E-state index is 10.8. The number of hydrogen-bond acceptors (Lipinski definition) is 4. The van der Waals surface area contributed by atoms with E-state index < -0.39 is 11.6 Å². The van der Waals surface area contributed by atoms with Crippen LogP contribution >= 0.6 is 0 Å². The van der Waals surface area contributed by atoms with Gasteiger partial charge in [-0.05, 0) is 12.2 Å². The highest BCUT2D eigenvalue weighted by Gasteiger charge is 2.39. The first-order valence-corrected chi connectivity index (χ1v) is 3.11. The Labute approximate surface area is 63.5 Å². The minimum absolute atomic E-state index is 0.209. The van der Waals surface area contributed by atoms with E-state index in [1.807, 2.05) is 0 Å². The Morgan fingerprint density at radius 1 is 1.82 bits per heavy atom. The van der Waals surface area contributed by atoms with Gasteiger partial charge in [0.1, 0.15) is 0 Å². The molecule has 0 bridgehead atoms. The number of ether oxygens (including phenoxy) is 1. The number of rotatable bonds is 1. The highest BCUT2D eigenvalue weighted by molar-refractivity contribution is 6.00. The van der Waals surface area contributed by atoms with E-state index in [1.165, 1.54) is 6.08 Å². The smallest absolute Gasteiger partial charge is 0.342 e. The summed E-state index contributed by atoms with van der Waals surface area (Å²) in [6.07, 6.45) is 2.12. The van der Waals surface area contributed by atoms with Crippen molar-refractivity contribution in [1.82, 2.24) is 0 Å². The van der Waals surface area contributed by atoms with Gasteiger partial charge in [0.25, 0.3) is 0 Å². The molecule has 1 aliphatic rings. The zero-order valence-electron chi connectivity index (χ0n) is 6.03. The van der Waals surface area contributed by atoms with Crippen molar-refractivity contribution in [3.63, 3.8) is 0 Å². The second-order valence-electron chi connectivity index (χ2n) is 2.39. The van der Waals surface area contributed by atoms with Gasteiger partial charge in [-0.3, -0.25) is 4.79 Å². The first-order chi connectivity index (χ1) is 5.08. The van der Waals surface area contributed by atoms with Crippen LogP contribution in [-0.2, 0) is 14.3 Å². The Morgan fingerprint density at radius 2 is 2.45 bits per heavy atom. The average Bonchev–Trinajstić information content (AvgIpc) is 2.31. The highest BCUT2D eigenvalue weighted by atomic mass is 16.5. The summed E-state index contributed by atoms with van der Waals surface area (Å²) in [5.74, 6) is -1.06. The molecule has 0 radical (unpaired) electrons. The molecule has 0 aromatic rings. The van der Waals surface area contributed by atoms with E-state index in [-0.39, 0.29) is 12.2 Å². The van der Waals surface area contributed by atoms with Gasteiger partial charge in [-0.1, -0.05) is 0 Å². The van der Waals surface area contributed by atoms with Crippen LogP contribution in [0.25, 0.3) is 0 Å². The fourth-order valence-corrected chi connectivity index (χ4v) is 0.931. The van der Waals surface area contributed by atoms with Crippen molar-refractivity contribution in [2.24, 2.45) is 0 Å². The van der Waals surface area contributed by atoms with Crippen molar-refractivity contribution < 1.29 is 19.4 Å². The van der Waals surface area contributed by atoms with Crippen molar-refractivity contribution >= 4 is 11.8 Å². The molecule has 0 saturated heterocycles. The van der Waals surface area contributed by atoms with Crippen LogP contribution in [-0.4, -0.2) is 29.6 Å². The van der Waals surface area contributed by atoms with E-state index in [0.29, 0.717) is 0 Å². The Bertz CT molecular complexity index is 231. The van der Waals surface area contributed by atoms with Gasteiger partial charge >= 0.3 is 5.97 Å². The predicted octanol–water partition coefficient (Wildman–Crippen LogP) is -0.581. The van der Waals surface area contributed by atoms with Gasteiger partial charge < -0.3 is 9.84 Å². The Balaban J connectivity index is 2.78. The number of aliphatic hydroxyl groups is 1. The van der Waals surface area contributed by atoms with E-state index in [1.54, 1.807) is 0 Å². The van der Waals surface area contributed by atoms with Gasteiger partial charge in [0, 0.05) is 0 Å². The van der Waals surface area contributed by atoms with E-state index in [4.69, 9.17) is 0 Å². The van der Waals surface area contributed by atoms with Crippen molar-refractivity contribution in [1.29, 1.82) is 0 Å². The second-order valence-corrected chi connectivity index (χ2v) is 2.39. The van der Waals surface area contributed by atoms with Crippen LogP contribution in [0.3, 0.4) is 0 Å². The molecule has 0 aliphatic heterocycles. The normalized spacial score (nSPS) is 29.1. The van der Waals surface area contributed by atoms with Gasteiger partial charge in [0.15, 0.2) is 11.4 Å². The first-order valence-electron chi connectivity index (χ1n) is 3.11. The quantitative estimate of drug-likeness (QED) is 0.516. The average molecular weight is 156 g/mol. The summed E-state index contributed by atoms with van der Waals surface area (Å²) in [5, 5.41) is 9.35. The molecule has 1 atom stereocenters. The summed E-state index contributed by atoms with van der Waals surface area (Å²) < 4.78 is 4.29. The van der Waals surface area contributed by atoms with Crippen LogP contribution in [0.15, 0.2) is 12.2 Å². The van der Waals surface area contributed by atoms with Crippen LogP contribution in [0, 0.1) is 0 Å². The number of methoxy groups -OCH3 is 1. The van der Waals surface area contributed by atoms with Crippen LogP contribution in [0.2, 0.25) is 0 Å². The van der Waals surface area contributed by atoms with Crippen molar-refractivity contribution in [2.45, 2.75) is 12.0 Å². The Morgan fingerprint density at radius 3 is 2.82 bits per heavy atom. The minimum Gasteiger partial charge on any atom is -0.467 e. The van der Waals surface area contributed by atoms with Crippen LogP contribution in [0.1, 0.15) is 6.42 Å². The summed E-state index contributed by atoms with van der Waals surface area (Å²) in [4.78, 5) is 21.4. The molecule has 4 heteroatoms. The zero-order valence-corrected chi connectivity index (χ0v) is 6.03. The molecule has 1 N–H and O–H groups in total. The largest absolute Gasteiger partial charge is 0.467 e. The fourth-order valence-electron chi connectivity index (χ4n) is 0.931. The summed E-state index contributed by atoms with van der Waals surface area (Å²) in [6.45, 7) is 0. The SMILES string of the molecule is COC(=O)[C@@]1(O)C=CC(=O)C1. The Hall–Kier alpha value is -1.16. The number of esters is 1. The third-order valence-electron chi connectivity index (χ3n) is 1.53. The van der Waals surface area contributed by atoms with Crippen LogP contribution < -0.4 is 0 Å². The fraction of sp³-hybridized carbons (Fsp3) is 0.429. The summed E-state index contributed by atoms with van der Waals surface area (Å²) in [6, 6.07) is 0. The van der Waals surface area contributed by atoms with Gasteiger partial charge in [0.05, 0.1) is 13.5 Å². The molecular formula is C7H8O4. The van der Waals surface area contributed by atoms with Gasteiger partial charge in [-0.2, -0.15) is 0 Å². The first kappa shape index (κ1) is 7.94. The molecule has 0 unspecified atom stereocenters. The van der Waals surface area contributed by atoms with Crippen LogP contribution in [0.4, 0.5) is 0 Å². The van der Waals surface area contributed by atoms with Crippen LogP contribution in [0.5, 0.6) is 0 Å². The molecule has 0 aromatic heterocycles. The van der Waals surface area contributed by atoms with Crippen molar-refractivity contribution in [3.05, 3.63) is 12.2 Å². The highest BCUT2D eigenvalue weighted by Crippen LogP contribution is 2.20. The van der Waals surface area contributed by atoms with E-state index in [2.05, 4.69) is 4.74 Å². The van der Waals surface area contributed by atoms with E-state index in [9.17, 15) is 14.7 Å². The van der Waals surface area contributed by atoms with E-state index >= 15 is 0 Å².